The summed E-state index contributed by atoms with van der Waals surface area (Å²) >= 11 is 6.34. The van der Waals surface area contributed by atoms with Gasteiger partial charge in [-0.05, 0) is 31.4 Å². The predicted molar refractivity (Wildman–Crippen MR) is 124 cm³/mol. The van der Waals surface area contributed by atoms with E-state index in [-0.39, 0.29) is 6.04 Å². The molecule has 1 saturated heterocycles. The van der Waals surface area contributed by atoms with E-state index in [4.69, 9.17) is 20.9 Å². The molecule has 5 heterocycles. The van der Waals surface area contributed by atoms with Crippen LogP contribution >= 0.6 is 11.6 Å². The molecule has 1 unspecified atom stereocenters. The lowest BCUT2D eigenvalue weighted by Crippen LogP contribution is -2.24. The second kappa shape index (κ2) is 9.07. The Labute approximate surface area is 195 Å². The van der Waals surface area contributed by atoms with Gasteiger partial charge in [-0.2, -0.15) is 10.1 Å². The summed E-state index contributed by atoms with van der Waals surface area (Å²) in [7, 11) is 1.58. The fraction of sp³-hybridized carbons (Fsp3) is 0.318. The van der Waals surface area contributed by atoms with Gasteiger partial charge < -0.3 is 19.5 Å². The van der Waals surface area contributed by atoms with Gasteiger partial charge in [0.2, 0.25) is 11.8 Å². The van der Waals surface area contributed by atoms with E-state index >= 15 is 0 Å². The maximum absolute atomic E-state index is 6.34. The average molecular weight is 467 g/mol. The van der Waals surface area contributed by atoms with Crippen LogP contribution in [0.25, 0.3) is 11.3 Å². The maximum atomic E-state index is 6.34. The molecule has 1 aliphatic heterocycles. The normalized spacial score (nSPS) is 15.7. The summed E-state index contributed by atoms with van der Waals surface area (Å²) in [5.41, 5.74) is 2.47. The van der Waals surface area contributed by atoms with Crippen LogP contribution in [0.3, 0.4) is 0 Å². The van der Waals surface area contributed by atoms with Crippen LogP contribution in [0, 0.1) is 0 Å². The van der Waals surface area contributed by atoms with E-state index in [9.17, 15) is 0 Å². The summed E-state index contributed by atoms with van der Waals surface area (Å²) in [6, 6.07) is 9.22. The molecular formula is C22H23ClN8O2. The summed E-state index contributed by atoms with van der Waals surface area (Å²) in [4.78, 5) is 15.5. The van der Waals surface area contributed by atoms with E-state index in [2.05, 4.69) is 47.4 Å². The highest BCUT2D eigenvalue weighted by Crippen LogP contribution is 2.38. The maximum Gasteiger partial charge on any atom is 0.229 e. The van der Waals surface area contributed by atoms with Crippen LogP contribution < -0.4 is 15.0 Å². The van der Waals surface area contributed by atoms with Crippen molar-refractivity contribution in [2.24, 2.45) is 0 Å². The number of pyridine rings is 1. The molecule has 0 saturated carbocycles. The fourth-order valence-corrected chi connectivity index (χ4v) is 4.14. The first-order chi connectivity index (χ1) is 16.1. The number of nitrogens with one attached hydrogen (secondary N) is 2. The molecule has 4 aromatic rings. The number of H-pyrrole nitrogens is 1. The number of ether oxygens (including phenoxy) is 1. The Kier molecular flexibility index (Phi) is 5.82. The highest BCUT2D eigenvalue weighted by molar-refractivity contribution is 6.29. The van der Waals surface area contributed by atoms with Crippen molar-refractivity contribution in [2.75, 3.05) is 23.9 Å². The van der Waals surface area contributed by atoms with Gasteiger partial charge in [0, 0.05) is 36.6 Å². The van der Waals surface area contributed by atoms with Crippen molar-refractivity contribution < 1.29 is 9.26 Å². The average Bonchev–Trinajstić information content (AvgIpc) is 3.58. The van der Waals surface area contributed by atoms with Crippen LogP contribution in [-0.2, 0) is 6.42 Å². The highest BCUT2D eigenvalue weighted by atomic mass is 35.5. The van der Waals surface area contributed by atoms with E-state index in [1.165, 1.54) is 0 Å². The van der Waals surface area contributed by atoms with E-state index in [0.717, 1.165) is 42.8 Å². The molecule has 0 amide bonds. The third kappa shape index (κ3) is 4.34. The predicted octanol–water partition coefficient (Wildman–Crippen LogP) is 4.56. The molecule has 5 rings (SSSR count). The minimum atomic E-state index is -0.0580. The van der Waals surface area contributed by atoms with Gasteiger partial charge in [0.1, 0.15) is 16.7 Å². The first kappa shape index (κ1) is 21.2. The zero-order valence-electron chi connectivity index (χ0n) is 18.2. The SMILES string of the molecule is CCc1cc(Nc2cc(Cl)nc(N3CCCC3c3cc(-c4cccnc4OC)no3)n2)n[nH]1. The molecule has 0 spiro atoms. The molecule has 11 heteroatoms. The Morgan fingerprint density at radius 2 is 2.18 bits per heavy atom. The lowest BCUT2D eigenvalue weighted by atomic mass is 10.1. The van der Waals surface area contributed by atoms with Crippen molar-refractivity contribution in [3.63, 3.8) is 0 Å². The highest BCUT2D eigenvalue weighted by Gasteiger charge is 2.32. The molecule has 10 nitrogen and oxygen atoms in total. The molecule has 1 fully saturated rings. The Balaban J connectivity index is 1.41. The number of aromatic amines is 1. The van der Waals surface area contributed by atoms with Gasteiger partial charge in [-0.15, -0.1) is 0 Å². The largest absolute Gasteiger partial charge is 0.481 e. The number of methoxy groups -OCH3 is 1. The topological polar surface area (TPSA) is 118 Å². The van der Waals surface area contributed by atoms with Crippen LogP contribution in [0.1, 0.15) is 37.3 Å². The number of hydrogen-bond acceptors (Lipinski definition) is 9. The van der Waals surface area contributed by atoms with Gasteiger partial charge in [0.25, 0.3) is 0 Å². The van der Waals surface area contributed by atoms with Crippen molar-refractivity contribution >= 4 is 29.2 Å². The standard InChI is InChI=1S/C22H23ClN8O2/c1-3-13-10-20(29-28-13)26-19-12-18(23)25-22(27-19)31-9-5-7-16(31)17-11-15(30-33-17)14-6-4-8-24-21(14)32-2/h4,6,8,10-12,16H,3,5,7,9H2,1-2H3,(H2,25,26,27,28,29). The Morgan fingerprint density at radius 3 is 3.00 bits per heavy atom. The molecule has 0 bridgehead atoms. The summed E-state index contributed by atoms with van der Waals surface area (Å²) in [5.74, 6) is 3.00. The van der Waals surface area contributed by atoms with Crippen LogP contribution in [0.4, 0.5) is 17.6 Å². The van der Waals surface area contributed by atoms with Gasteiger partial charge in [-0.25, -0.2) is 9.97 Å². The van der Waals surface area contributed by atoms with Crippen LogP contribution in [0.2, 0.25) is 5.15 Å². The fourth-order valence-electron chi connectivity index (χ4n) is 3.96. The second-order valence-electron chi connectivity index (χ2n) is 7.66. The van der Waals surface area contributed by atoms with Crippen LogP contribution in [0.5, 0.6) is 5.88 Å². The third-order valence-electron chi connectivity index (χ3n) is 5.56. The summed E-state index contributed by atoms with van der Waals surface area (Å²) in [5, 5.41) is 15.0. The molecule has 0 aliphatic carbocycles. The number of halogens is 1. The van der Waals surface area contributed by atoms with Crippen LogP contribution in [0.15, 0.2) is 41.1 Å². The second-order valence-corrected chi connectivity index (χ2v) is 8.05. The number of hydrogen-bond donors (Lipinski definition) is 2. The number of nitrogens with zero attached hydrogens (tertiary/aromatic N) is 6. The van der Waals surface area contributed by atoms with Gasteiger partial charge in [-0.3, -0.25) is 5.10 Å². The molecule has 170 valence electrons. The molecule has 2 N–H and O–H groups in total. The lowest BCUT2D eigenvalue weighted by molar-refractivity contribution is 0.361. The first-order valence-electron chi connectivity index (χ1n) is 10.7. The zero-order chi connectivity index (χ0) is 22.8. The van der Waals surface area contributed by atoms with Crippen molar-refractivity contribution in [3.05, 3.63) is 53.1 Å². The number of rotatable bonds is 7. The smallest absolute Gasteiger partial charge is 0.229 e. The summed E-state index contributed by atoms with van der Waals surface area (Å²) in [6.45, 7) is 2.84. The minimum Gasteiger partial charge on any atom is -0.481 e. The molecule has 1 aliphatic rings. The Hall–Kier alpha value is -3.66. The van der Waals surface area contributed by atoms with Gasteiger partial charge in [0.15, 0.2) is 11.6 Å². The monoisotopic (exact) mass is 466 g/mol. The first-order valence-corrected chi connectivity index (χ1v) is 11.1. The van der Waals surface area contributed by atoms with E-state index in [1.807, 2.05) is 24.3 Å². The van der Waals surface area contributed by atoms with Gasteiger partial charge >= 0.3 is 0 Å². The van der Waals surface area contributed by atoms with Crippen LogP contribution in [-0.4, -0.2) is 44.0 Å². The van der Waals surface area contributed by atoms with Gasteiger partial charge in [-0.1, -0.05) is 23.7 Å². The van der Waals surface area contributed by atoms with Crippen molar-refractivity contribution in [2.45, 2.75) is 32.2 Å². The molecular weight excluding hydrogens is 444 g/mol. The molecule has 0 aromatic carbocycles. The van der Waals surface area contributed by atoms with Gasteiger partial charge in [0.05, 0.1) is 18.7 Å². The number of aryl methyl sites for hydroxylation is 1. The molecule has 4 aromatic heterocycles. The zero-order valence-corrected chi connectivity index (χ0v) is 19.0. The Morgan fingerprint density at radius 1 is 1.27 bits per heavy atom. The minimum absolute atomic E-state index is 0.0580. The number of aromatic nitrogens is 6. The van der Waals surface area contributed by atoms with Crippen molar-refractivity contribution in [3.8, 4) is 17.1 Å². The lowest BCUT2D eigenvalue weighted by Gasteiger charge is -2.23. The van der Waals surface area contributed by atoms with Crippen molar-refractivity contribution in [1.29, 1.82) is 0 Å². The number of anilines is 3. The third-order valence-corrected chi connectivity index (χ3v) is 5.75. The van der Waals surface area contributed by atoms with E-state index in [1.54, 1.807) is 19.4 Å². The van der Waals surface area contributed by atoms with E-state index in [0.29, 0.717) is 34.3 Å². The molecule has 1 atom stereocenters. The Bertz CT molecular complexity index is 1260. The molecule has 0 radical (unpaired) electrons. The molecule has 33 heavy (non-hydrogen) atoms. The van der Waals surface area contributed by atoms with E-state index < -0.39 is 0 Å². The summed E-state index contributed by atoms with van der Waals surface area (Å²) in [6.07, 6.45) is 4.39. The summed E-state index contributed by atoms with van der Waals surface area (Å²) < 4.78 is 11.1. The van der Waals surface area contributed by atoms with Crippen molar-refractivity contribution in [1.82, 2.24) is 30.3 Å². The quantitative estimate of drug-likeness (QED) is 0.378.